The number of aromatic nitrogens is 1. The Morgan fingerprint density at radius 3 is 2.40 bits per heavy atom. The average Bonchev–Trinajstić information content (AvgIpc) is 2.48. The van der Waals surface area contributed by atoms with Crippen molar-refractivity contribution < 1.29 is 14.3 Å². The smallest absolute Gasteiger partial charge is 0.263 e. The lowest BCUT2D eigenvalue weighted by atomic mass is 10.1. The second-order valence-electron chi connectivity index (χ2n) is 3.95. The van der Waals surface area contributed by atoms with Gasteiger partial charge in [-0.25, -0.2) is 0 Å². The first kappa shape index (κ1) is 13.7. The van der Waals surface area contributed by atoms with Crippen molar-refractivity contribution in [2.75, 3.05) is 25.3 Å². The lowest BCUT2D eigenvalue weighted by Gasteiger charge is -2.13. The third-order valence-corrected chi connectivity index (χ3v) is 2.75. The van der Waals surface area contributed by atoms with Gasteiger partial charge in [-0.15, -0.1) is 0 Å². The molecule has 0 fully saturated rings. The van der Waals surface area contributed by atoms with E-state index in [9.17, 15) is 4.79 Å². The molecule has 0 unspecified atom stereocenters. The SMILES string of the molecule is COc1cccc(OC)c1C(=O)Nc1ccncc1N. The van der Waals surface area contributed by atoms with E-state index in [1.807, 2.05) is 0 Å². The van der Waals surface area contributed by atoms with Crippen LogP contribution in [-0.2, 0) is 0 Å². The van der Waals surface area contributed by atoms with Gasteiger partial charge < -0.3 is 20.5 Å². The second kappa shape index (κ2) is 5.92. The van der Waals surface area contributed by atoms with Gasteiger partial charge in [-0.1, -0.05) is 6.07 Å². The van der Waals surface area contributed by atoms with Gasteiger partial charge in [-0.2, -0.15) is 0 Å². The maximum absolute atomic E-state index is 12.4. The largest absolute Gasteiger partial charge is 0.496 e. The summed E-state index contributed by atoms with van der Waals surface area (Å²) in [6.45, 7) is 0. The Labute approximate surface area is 116 Å². The lowest BCUT2D eigenvalue weighted by Crippen LogP contribution is -2.15. The summed E-state index contributed by atoms with van der Waals surface area (Å²) in [4.78, 5) is 16.2. The van der Waals surface area contributed by atoms with E-state index < -0.39 is 0 Å². The number of carbonyl (C=O) groups excluding carboxylic acids is 1. The van der Waals surface area contributed by atoms with Crippen LogP contribution >= 0.6 is 0 Å². The Morgan fingerprint density at radius 2 is 1.85 bits per heavy atom. The summed E-state index contributed by atoms with van der Waals surface area (Å²) in [5.74, 6) is 0.487. The van der Waals surface area contributed by atoms with Crippen molar-refractivity contribution in [3.8, 4) is 11.5 Å². The molecule has 0 saturated heterocycles. The number of amides is 1. The third kappa shape index (κ3) is 2.64. The summed E-state index contributed by atoms with van der Waals surface area (Å²) in [7, 11) is 2.98. The number of nitrogens with two attached hydrogens (primary N) is 1. The topological polar surface area (TPSA) is 86.5 Å². The van der Waals surface area contributed by atoms with Crippen LogP contribution in [0.4, 0.5) is 11.4 Å². The van der Waals surface area contributed by atoms with Gasteiger partial charge >= 0.3 is 0 Å². The number of ether oxygens (including phenoxy) is 2. The van der Waals surface area contributed by atoms with Crippen LogP contribution in [0.15, 0.2) is 36.7 Å². The monoisotopic (exact) mass is 273 g/mol. The molecule has 6 heteroatoms. The van der Waals surface area contributed by atoms with E-state index in [2.05, 4.69) is 10.3 Å². The highest BCUT2D eigenvalue weighted by Crippen LogP contribution is 2.29. The van der Waals surface area contributed by atoms with Crippen LogP contribution in [0.5, 0.6) is 11.5 Å². The molecule has 104 valence electrons. The molecular weight excluding hydrogens is 258 g/mol. The quantitative estimate of drug-likeness (QED) is 0.889. The van der Waals surface area contributed by atoms with Gasteiger partial charge in [0.25, 0.3) is 5.91 Å². The summed E-state index contributed by atoms with van der Waals surface area (Å²) >= 11 is 0. The van der Waals surface area contributed by atoms with Gasteiger partial charge in [0, 0.05) is 6.20 Å². The Bertz CT molecular complexity index is 607. The number of benzene rings is 1. The highest BCUT2D eigenvalue weighted by molar-refractivity contribution is 6.09. The van der Waals surface area contributed by atoms with Crippen LogP contribution < -0.4 is 20.5 Å². The molecule has 0 spiro atoms. The summed E-state index contributed by atoms with van der Waals surface area (Å²) < 4.78 is 10.4. The van der Waals surface area contributed by atoms with E-state index in [4.69, 9.17) is 15.2 Å². The van der Waals surface area contributed by atoms with Crippen molar-refractivity contribution in [2.45, 2.75) is 0 Å². The maximum Gasteiger partial charge on any atom is 0.263 e. The zero-order chi connectivity index (χ0) is 14.5. The zero-order valence-corrected chi connectivity index (χ0v) is 11.2. The van der Waals surface area contributed by atoms with Crippen LogP contribution in [-0.4, -0.2) is 25.1 Å². The molecule has 0 aliphatic rings. The highest BCUT2D eigenvalue weighted by Gasteiger charge is 2.18. The van der Waals surface area contributed by atoms with Crippen LogP contribution in [0.3, 0.4) is 0 Å². The normalized spacial score (nSPS) is 9.90. The van der Waals surface area contributed by atoms with Gasteiger partial charge in [-0.05, 0) is 18.2 Å². The fourth-order valence-electron chi connectivity index (χ4n) is 1.78. The van der Waals surface area contributed by atoms with Crippen molar-refractivity contribution in [2.24, 2.45) is 0 Å². The van der Waals surface area contributed by atoms with Crippen molar-refractivity contribution in [3.05, 3.63) is 42.2 Å². The Kier molecular flexibility index (Phi) is 4.05. The minimum atomic E-state index is -0.364. The molecule has 0 saturated carbocycles. The lowest BCUT2D eigenvalue weighted by molar-refractivity contribution is 0.102. The van der Waals surface area contributed by atoms with E-state index in [0.29, 0.717) is 28.4 Å². The zero-order valence-electron chi connectivity index (χ0n) is 11.2. The van der Waals surface area contributed by atoms with E-state index in [0.717, 1.165) is 0 Å². The van der Waals surface area contributed by atoms with Crippen LogP contribution in [0.25, 0.3) is 0 Å². The number of rotatable bonds is 4. The van der Waals surface area contributed by atoms with Gasteiger partial charge in [0.1, 0.15) is 17.1 Å². The molecule has 1 heterocycles. The average molecular weight is 273 g/mol. The minimum absolute atomic E-state index is 0.314. The molecule has 1 aromatic heterocycles. The molecule has 1 aromatic carbocycles. The number of carbonyl (C=O) groups is 1. The molecule has 0 atom stereocenters. The van der Waals surface area contributed by atoms with Gasteiger partial charge in [0.05, 0.1) is 31.8 Å². The minimum Gasteiger partial charge on any atom is -0.496 e. The Hall–Kier alpha value is -2.76. The molecule has 2 aromatic rings. The summed E-state index contributed by atoms with van der Waals surface area (Å²) in [5.41, 5.74) is 6.93. The molecule has 2 rings (SSSR count). The number of hydrogen-bond donors (Lipinski definition) is 2. The van der Waals surface area contributed by atoms with Gasteiger partial charge in [0.2, 0.25) is 0 Å². The third-order valence-electron chi connectivity index (χ3n) is 2.75. The first-order valence-electron chi connectivity index (χ1n) is 5.89. The highest BCUT2D eigenvalue weighted by atomic mass is 16.5. The van der Waals surface area contributed by atoms with Crippen LogP contribution in [0, 0.1) is 0 Å². The van der Waals surface area contributed by atoms with Gasteiger partial charge in [-0.3, -0.25) is 9.78 Å². The molecular formula is C14H15N3O3. The molecule has 0 bridgehead atoms. The molecule has 1 amide bonds. The number of pyridine rings is 1. The van der Waals surface area contributed by atoms with Crippen molar-refractivity contribution in [1.29, 1.82) is 0 Å². The fourth-order valence-corrected chi connectivity index (χ4v) is 1.78. The second-order valence-corrected chi connectivity index (χ2v) is 3.95. The van der Waals surface area contributed by atoms with E-state index in [1.54, 1.807) is 30.5 Å². The number of nitrogens with zero attached hydrogens (tertiary/aromatic N) is 1. The predicted octanol–water partition coefficient (Wildman–Crippen LogP) is 1.93. The summed E-state index contributed by atoms with van der Waals surface area (Å²) in [6, 6.07) is 6.74. The van der Waals surface area contributed by atoms with Crippen LogP contribution in [0.1, 0.15) is 10.4 Å². The number of methoxy groups -OCH3 is 2. The van der Waals surface area contributed by atoms with Crippen molar-refractivity contribution in [3.63, 3.8) is 0 Å². The summed E-state index contributed by atoms with van der Waals surface area (Å²) in [5, 5.41) is 2.71. The van der Waals surface area contributed by atoms with E-state index in [-0.39, 0.29) is 5.91 Å². The first-order valence-corrected chi connectivity index (χ1v) is 5.89. The molecule has 0 aliphatic carbocycles. The van der Waals surface area contributed by atoms with Crippen molar-refractivity contribution >= 4 is 17.3 Å². The molecule has 20 heavy (non-hydrogen) atoms. The molecule has 0 aliphatic heterocycles. The molecule has 0 radical (unpaired) electrons. The molecule has 6 nitrogen and oxygen atoms in total. The number of nitrogen functional groups attached to an aromatic ring is 1. The number of anilines is 2. The Morgan fingerprint density at radius 1 is 1.20 bits per heavy atom. The number of nitrogens with one attached hydrogen (secondary N) is 1. The number of hydrogen-bond acceptors (Lipinski definition) is 5. The van der Waals surface area contributed by atoms with E-state index in [1.165, 1.54) is 20.4 Å². The Balaban J connectivity index is 2.36. The molecule has 3 N–H and O–H groups in total. The van der Waals surface area contributed by atoms with E-state index >= 15 is 0 Å². The first-order chi connectivity index (χ1) is 9.67. The summed E-state index contributed by atoms with van der Waals surface area (Å²) in [6.07, 6.45) is 3.01. The van der Waals surface area contributed by atoms with Crippen LogP contribution in [0.2, 0.25) is 0 Å². The standard InChI is InChI=1S/C14H15N3O3/c1-19-11-4-3-5-12(20-2)13(11)14(18)17-10-6-7-16-8-9(10)15/h3-8H,15H2,1-2H3,(H,16,17,18). The fraction of sp³-hybridized carbons (Fsp3) is 0.143. The van der Waals surface area contributed by atoms with Crippen molar-refractivity contribution in [1.82, 2.24) is 4.98 Å². The maximum atomic E-state index is 12.4. The van der Waals surface area contributed by atoms with Gasteiger partial charge in [0.15, 0.2) is 0 Å². The predicted molar refractivity (Wildman–Crippen MR) is 76.1 cm³/mol.